The van der Waals surface area contributed by atoms with Crippen molar-refractivity contribution < 1.29 is 4.74 Å². The summed E-state index contributed by atoms with van der Waals surface area (Å²) in [5.74, 6) is 0. The Labute approximate surface area is 115 Å². The second-order valence-corrected chi connectivity index (χ2v) is 5.77. The monoisotopic (exact) mass is 257 g/mol. The van der Waals surface area contributed by atoms with Gasteiger partial charge >= 0.3 is 0 Å². The quantitative estimate of drug-likeness (QED) is 0.889. The van der Waals surface area contributed by atoms with E-state index in [4.69, 9.17) is 10.5 Å². The Bertz CT molecular complexity index is 542. The number of hydrogen-bond donors (Lipinski definition) is 1. The van der Waals surface area contributed by atoms with E-state index in [1.54, 1.807) is 7.11 Å². The molecule has 2 N–H and O–H groups in total. The van der Waals surface area contributed by atoms with Crippen LogP contribution in [-0.2, 0) is 11.2 Å². The van der Waals surface area contributed by atoms with Crippen LogP contribution in [0, 0.1) is 0 Å². The van der Waals surface area contributed by atoms with E-state index in [0.29, 0.717) is 0 Å². The molecule has 0 saturated heterocycles. The van der Waals surface area contributed by atoms with Gasteiger partial charge in [-0.2, -0.15) is 0 Å². The molecule has 0 aliphatic rings. The summed E-state index contributed by atoms with van der Waals surface area (Å²) >= 11 is 0. The minimum absolute atomic E-state index is 0.112. The molecule has 0 aromatic heterocycles. The second kappa shape index (κ2) is 5.72. The molecule has 2 heteroatoms. The Balaban J connectivity index is 2.17. The van der Waals surface area contributed by atoms with Crippen molar-refractivity contribution in [2.75, 3.05) is 7.11 Å². The molecular formula is C17H23NO. The molecule has 2 rings (SSSR count). The highest BCUT2D eigenvalue weighted by atomic mass is 16.5. The van der Waals surface area contributed by atoms with Gasteiger partial charge in [0.25, 0.3) is 0 Å². The third-order valence-corrected chi connectivity index (χ3v) is 3.67. The molecule has 0 fully saturated rings. The Morgan fingerprint density at radius 1 is 1.11 bits per heavy atom. The number of hydrogen-bond acceptors (Lipinski definition) is 2. The topological polar surface area (TPSA) is 35.2 Å². The lowest BCUT2D eigenvalue weighted by atomic mass is 9.92. The van der Waals surface area contributed by atoms with Gasteiger partial charge in [-0.15, -0.1) is 0 Å². The molecule has 0 amide bonds. The van der Waals surface area contributed by atoms with Crippen LogP contribution >= 0.6 is 0 Å². The van der Waals surface area contributed by atoms with E-state index in [9.17, 15) is 0 Å². The largest absolute Gasteiger partial charge is 0.379 e. The van der Waals surface area contributed by atoms with Gasteiger partial charge in [-0.25, -0.2) is 0 Å². The molecule has 0 saturated carbocycles. The molecule has 19 heavy (non-hydrogen) atoms. The van der Waals surface area contributed by atoms with E-state index in [0.717, 1.165) is 12.8 Å². The van der Waals surface area contributed by atoms with Crippen molar-refractivity contribution in [2.24, 2.45) is 5.73 Å². The van der Waals surface area contributed by atoms with E-state index < -0.39 is 0 Å². The zero-order valence-electron chi connectivity index (χ0n) is 12.0. The van der Waals surface area contributed by atoms with Gasteiger partial charge in [0.05, 0.1) is 5.60 Å². The summed E-state index contributed by atoms with van der Waals surface area (Å²) in [7, 11) is 1.74. The number of methoxy groups -OCH3 is 1. The molecule has 0 aliphatic heterocycles. The maximum absolute atomic E-state index is 6.28. The smallest absolute Gasteiger partial charge is 0.0637 e. The standard InChI is InChI=1S/C17H23NO/c1-17(2,19-3)12-15(18)11-14-9-6-8-13-7-4-5-10-16(13)14/h4-10,15H,11-12,18H2,1-3H3. The molecule has 2 aromatic carbocycles. The molecule has 102 valence electrons. The summed E-state index contributed by atoms with van der Waals surface area (Å²) in [5, 5.41) is 2.58. The van der Waals surface area contributed by atoms with Gasteiger partial charge in [0.1, 0.15) is 0 Å². The van der Waals surface area contributed by atoms with Crippen molar-refractivity contribution in [3.8, 4) is 0 Å². The van der Waals surface area contributed by atoms with E-state index in [2.05, 4.69) is 56.3 Å². The molecule has 0 heterocycles. The van der Waals surface area contributed by atoms with E-state index in [-0.39, 0.29) is 11.6 Å². The first kappa shape index (κ1) is 14.0. The van der Waals surface area contributed by atoms with Crippen LogP contribution in [0.4, 0.5) is 0 Å². The van der Waals surface area contributed by atoms with Crippen LogP contribution in [0.2, 0.25) is 0 Å². The van der Waals surface area contributed by atoms with Crippen LogP contribution in [0.25, 0.3) is 10.8 Å². The highest BCUT2D eigenvalue weighted by molar-refractivity contribution is 5.85. The number of ether oxygens (including phenoxy) is 1. The predicted molar refractivity (Wildman–Crippen MR) is 81.3 cm³/mol. The van der Waals surface area contributed by atoms with E-state index in [1.807, 2.05) is 0 Å². The number of rotatable bonds is 5. The summed E-state index contributed by atoms with van der Waals surface area (Å²) < 4.78 is 5.45. The van der Waals surface area contributed by atoms with Gasteiger partial charge in [0, 0.05) is 13.2 Å². The Morgan fingerprint density at radius 3 is 2.53 bits per heavy atom. The van der Waals surface area contributed by atoms with E-state index in [1.165, 1.54) is 16.3 Å². The van der Waals surface area contributed by atoms with Crippen LogP contribution in [0.5, 0.6) is 0 Å². The van der Waals surface area contributed by atoms with Crippen molar-refractivity contribution in [1.29, 1.82) is 0 Å². The van der Waals surface area contributed by atoms with Gasteiger partial charge in [0.2, 0.25) is 0 Å². The molecule has 0 radical (unpaired) electrons. The molecule has 0 aliphatic carbocycles. The van der Waals surface area contributed by atoms with E-state index >= 15 is 0 Å². The number of nitrogens with two attached hydrogens (primary N) is 1. The minimum atomic E-state index is -0.163. The minimum Gasteiger partial charge on any atom is -0.379 e. The third-order valence-electron chi connectivity index (χ3n) is 3.67. The molecule has 1 atom stereocenters. The van der Waals surface area contributed by atoms with Crippen LogP contribution in [0.1, 0.15) is 25.8 Å². The third kappa shape index (κ3) is 3.55. The summed E-state index contributed by atoms with van der Waals surface area (Å²) in [6.45, 7) is 4.16. The molecule has 0 bridgehead atoms. The molecule has 1 unspecified atom stereocenters. The van der Waals surface area contributed by atoms with Gasteiger partial charge < -0.3 is 10.5 Å². The normalized spacial score (nSPS) is 13.7. The maximum Gasteiger partial charge on any atom is 0.0637 e. The first-order chi connectivity index (χ1) is 9.02. The zero-order chi connectivity index (χ0) is 13.9. The lowest BCUT2D eigenvalue weighted by molar-refractivity contribution is 0.0102. The van der Waals surface area contributed by atoms with Crippen molar-refractivity contribution in [3.05, 3.63) is 48.0 Å². The van der Waals surface area contributed by atoms with Gasteiger partial charge in [-0.05, 0) is 43.0 Å². The van der Waals surface area contributed by atoms with Crippen molar-refractivity contribution in [2.45, 2.75) is 38.3 Å². The first-order valence-corrected chi connectivity index (χ1v) is 6.79. The fraction of sp³-hybridized carbons (Fsp3) is 0.412. The zero-order valence-corrected chi connectivity index (χ0v) is 12.0. The summed E-state index contributed by atoms with van der Waals surface area (Å²) in [5.41, 5.74) is 7.43. The fourth-order valence-corrected chi connectivity index (χ4v) is 2.54. The molecule has 0 spiro atoms. The van der Waals surface area contributed by atoms with Crippen molar-refractivity contribution in [3.63, 3.8) is 0 Å². The molecule has 2 nitrogen and oxygen atoms in total. The molecule has 2 aromatic rings. The Kier molecular flexibility index (Phi) is 4.23. The number of fused-ring (bicyclic) bond motifs is 1. The van der Waals surface area contributed by atoms with Gasteiger partial charge in [0.15, 0.2) is 0 Å². The Morgan fingerprint density at radius 2 is 1.79 bits per heavy atom. The highest BCUT2D eigenvalue weighted by Gasteiger charge is 2.20. The predicted octanol–water partition coefficient (Wildman–Crippen LogP) is 3.52. The maximum atomic E-state index is 6.28. The van der Waals surface area contributed by atoms with Gasteiger partial charge in [-0.3, -0.25) is 0 Å². The average molecular weight is 257 g/mol. The van der Waals surface area contributed by atoms with Crippen molar-refractivity contribution >= 4 is 10.8 Å². The van der Waals surface area contributed by atoms with Gasteiger partial charge in [-0.1, -0.05) is 42.5 Å². The Hall–Kier alpha value is -1.38. The fourth-order valence-electron chi connectivity index (χ4n) is 2.54. The van der Waals surface area contributed by atoms with Crippen molar-refractivity contribution in [1.82, 2.24) is 0 Å². The van der Waals surface area contributed by atoms with Crippen LogP contribution in [0.3, 0.4) is 0 Å². The number of benzene rings is 2. The van der Waals surface area contributed by atoms with Crippen LogP contribution in [0.15, 0.2) is 42.5 Å². The lowest BCUT2D eigenvalue weighted by Gasteiger charge is -2.26. The second-order valence-electron chi connectivity index (χ2n) is 5.77. The highest BCUT2D eigenvalue weighted by Crippen LogP contribution is 2.22. The summed E-state index contributed by atoms with van der Waals surface area (Å²) in [4.78, 5) is 0. The first-order valence-electron chi connectivity index (χ1n) is 6.79. The SMILES string of the molecule is COC(C)(C)CC(N)Cc1cccc2ccccc12. The average Bonchev–Trinajstić information content (AvgIpc) is 2.38. The lowest BCUT2D eigenvalue weighted by Crippen LogP contribution is -2.35. The summed E-state index contributed by atoms with van der Waals surface area (Å²) in [6, 6.07) is 15.0. The van der Waals surface area contributed by atoms with Crippen LogP contribution < -0.4 is 5.73 Å². The summed E-state index contributed by atoms with van der Waals surface area (Å²) in [6.07, 6.45) is 1.74. The van der Waals surface area contributed by atoms with Crippen LogP contribution in [-0.4, -0.2) is 18.8 Å². The molecular weight excluding hydrogens is 234 g/mol.